The number of rotatable bonds is 3. The van der Waals surface area contributed by atoms with Gasteiger partial charge in [0.15, 0.2) is 0 Å². The van der Waals surface area contributed by atoms with Crippen molar-refractivity contribution in [1.82, 2.24) is 0 Å². The average Bonchev–Trinajstić information content (AvgIpc) is 2.61. The molecule has 0 fully saturated rings. The van der Waals surface area contributed by atoms with Gasteiger partial charge in [-0.25, -0.2) is 4.79 Å². The third kappa shape index (κ3) is 3.37. The molecular formula is C19H22N2OS. The average molecular weight is 326 g/mol. The highest BCUT2D eigenvalue weighted by Crippen LogP contribution is 2.39. The van der Waals surface area contributed by atoms with Gasteiger partial charge >= 0.3 is 6.03 Å². The number of thioether (sulfide) groups is 1. The molecule has 3 rings (SSSR count). The number of hydrogen-bond acceptors (Lipinski definition) is 2. The van der Waals surface area contributed by atoms with Crippen molar-refractivity contribution in [2.24, 2.45) is 0 Å². The summed E-state index contributed by atoms with van der Waals surface area (Å²) in [4.78, 5) is 15.9. The lowest BCUT2D eigenvalue weighted by molar-refractivity contribution is 0.256. The maximum absolute atomic E-state index is 12.9. The van der Waals surface area contributed by atoms with Gasteiger partial charge in [-0.1, -0.05) is 44.2 Å². The van der Waals surface area contributed by atoms with Crippen molar-refractivity contribution < 1.29 is 4.79 Å². The minimum absolute atomic E-state index is 0.0444. The van der Waals surface area contributed by atoms with Crippen molar-refractivity contribution in [2.45, 2.75) is 36.8 Å². The van der Waals surface area contributed by atoms with Crippen molar-refractivity contribution in [3.8, 4) is 0 Å². The Bertz CT molecular complexity index is 701. The van der Waals surface area contributed by atoms with E-state index in [0.717, 1.165) is 36.3 Å². The molecule has 4 heteroatoms. The lowest BCUT2D eigenvalue weighted by atomic mass is 10.1. The van der Waals surface area contributed by atoms with Gasteiger partial charge in [-0.05, 0) is 36.6 Å². The molecule has 2 aromatic rings. The van der Waals surface area contributed by atoms with E-state index in [-0.39, 0.29) is 6.03 Å². The molecule has 120 valence electrons. The molecule has 1 aliphatic heterocycles. The van der Waals surface area contributed by atoms with Crippen LogP contribution in [0, 0.1) is 0 Å². The molecular weight excluding hydrogens is 304 g/mol. The van der Waals surface area contributed by atoms with Gasteiger partial charge in [0.05, 0.1) is 5.69 Å². The summed E-state index contributed by atoms with van der Waals surface area (Å²) in [5.41, 5.74) is 3.07. The standard InChI is InChI=1S/C19H22N2OS/c1-3-14-9-5-6-10-16(14)20-19(22)21-13-15(4-2)23-18-12-8-7-11-17(18)21/h5-12,15H,3-4,13H2,1-2H3,(H,20,22)/t15-/m1/s1. The minimum atomic E-state index is -0.0444. The Labute approximate surface area is 142 Å². The Morgan fingerprint density at radius 1 is 1.17 bits per heavy atom. The highest BCUT2D eigenvalue weighted by atomic mass is 32.2. The number of nitrogens with one attached hydrogen (secondary N) is 1. The number of para-hydroxylation sites is 2. The molecule has 0 unspecified atom stereocenters. The van der Waals surface area contributed by atoms with E-state index in [1.165, 1.54) is 4.90 Å². The number of nitrogens with zero attached hydrogens (tertiary/aromatic N) is 1. The van der Waals surface area contributed by atoms with Crippen LogP contribution in [0.5, 0.6) is 0 Å². The Balaban J connectivity index is 1.87. The number of fused-ring (bicyclic) bond motifs is 1. The second kappa shape index (κ2) is 7.09. The van der Waals surface area contributed by atoms with Crippen LogP contribution < -0.4 is 10.2 Å². The number of urea groups is 1. The molecule has 1 N–H and O–H groups in total. The summed E-state index contributed by atoms with van der Waals surface area (Å²) in [6.45, 7) is 5.03. The lowest BCUT2D eigenvalue weighted by Gasteiger charge is -2.33. The fourth-order valence-corrected chi connectivity index (χ4v) is 4.04. The molecule has 2 amide bonds. The first kappa shape index (κ1) is 15.9. The van der Waals surface area contributed by atoms with Gasteiger partial charge in [0, 0.05) is 22.4 Å². The van der Waals surface area contributed by atoms with Crippen LogP contribution in [0.1, 0.15) is 25.8 Å². The summed E-state index contributed by atoms with van der Waals surface area (Å²) < 4.78 is 0. The van der Waals surface area contributed by atoms with Gasteiger partial charge in [0.2, 0.25) is 0 Å². The Morgan fingerprint density at radius 2 is 1.91 bits per heavy atom. The van der Waals surface area contributed by atoms with Gasteiger partial charge < -0.3 is 5.32 Å². The molecule has 0 spiro atoms. The summed E-state index contributed by atoms with van der Waals surface area (Å²) in [5, 5.41) is 3.54. The SMILES string of the molecule is CCc1ccccc1NC(=O)N1C[C@@H](CC)Sc2ccccc21. The zero-order valence-electron chi connectivity index (χ0n) is 13.6. The molecule has 0 radical (unpaired) electrons. The number of aryl methyl sites for hydroxylation is 1. The summed E-state index contributed by atoms with van der Waals surface area (Å²) in [7, 11) is 0. The maximum atomic E-state index is 12.9. The van der Waals surface area contributed by atoms with Crippen LogP contribution in [0.4, 0.5) is 16.2 Å². The Hall–Kier alpha value is -1.94. The van der Waals surface area contributed by atoms with E-state index < -0.39 is 0 Å². The first-order valence-corrected chi connectivity index (χ1v) is 9.03. The largest absolute Gasteiger partial charge is 0.326 e. The number of anilines is 2. The van der Waals surface area contributed by atoms with Crippen LogP contribution in [0.15, 0.2) is 53.4 Å². The molecule has 1 aliphatic rings. The number of amides is 2. The van der Waals surface area contributed by atoms with E-state index in [2.05, 4.69) is 31.3 Å². The Kier molecular flexibility index (Phi) is 4.91. The predicted octanol–water partition coefficient (Wildman–Crippen LogP) is 5.17. The molecule has 0 saturated heterocycles. The van der Waals surface area contributed by atoms with Crippen LogP contribution >= 0.6 is 11.8 Å². The molecule has 3 nitrogen and oxygen atoms in total. The first-order valence-electron chi connectivity index (χ1n) is 8.15. The Morgan fingerprint density at radius 3 is 2.70 bits per heavy atom. The topological polar surface area (TPSA) is 32.3 Å². The molecule has 1 heterocycles. The second-order valence-corrected chi connectivity index (χ2v) is 7.01. The monoisotopic (exact) mass is 326 g/mol. The van der Waals surface area contributed by atoms with Crippen LogP contribution in [-0.2, 0) is 6.42 Å². The van der Waals surface area contributed by atoms with E-state index in [0.29, 0.717) is 5.25 Å². The van der Waals surface area contributed by atoms with Gasteiger partial charge in [0.25, 0.3) is 0 Å². The number of carbonyl (C=O) groups excluding carboxylic acids is 1. The van der Waals surface area contributed by atoms with Gasteiger partial charge in [0.1, 0.15) is 0 Å². The van der Waals surface area contributed by atoms with Crippen LogP contribution in [-0.4, -0.2) is 17.8 Å². The third-order valence-electron chi connectivity index (χ3n) is 4.18. The van der Waals surface area contributed by atoms with E-state index in [1.54, 1.807) is 0 Å². The fraction of sp³-hybridized carbons (Fsp3) is 0.316. The van der Waals surface area contributed by atoms with Crippen molar-refractivity contribution in [1.29, 1.82) is 0 Å². The van der Waals surface area contributed by atoms with Gasteiger partial charge in [-0.2, -0.15) is 0 Å². The quantitative estimate of drug-likeness (QED) is 0.843. The molecule has 0 aromatic heterocycles. The molecule has 23 heavy (non-hydrogen) atoms. The van der Waals surface area contributed by atoms with Crippen molar-refractivity contribution in [2.75, 3.05) is 16.8 Å². The normalized spacial score (nSPS) is 16.8. The number of carbonyl (C=O) groups is 1. The zero-order valence-corrected chi connectivity index (χ0v) is 14.4. The molecule has 0 aliphatic carbocycles. The van der Waals surface area contributed by atoms with Gasteiger partial charge in [-0.3, -0.25) is 4.90 Å². The zero-order chi connectivity index (χ0) is 16.2. The van der Waals surface area contributed by atoms with Crippen LogP contribution in [0.25, 0.3) is 0 Å². The van der Waals surface area contributed by atoms with E-state index in [9.17, 15) is 4.79 Å². The van der Waals surface area contributed by atoms with Crippen LogP contribution in [0.2, 0.25) is 0 Å². The van der Waals surface area contributed by atoms with E-state index in [4.69, 9.17) is 0 Å². The van der Waals surface area contributed by atoms with Crippen molar-refractivity contribution in [3.05, 3.63) is 54.1 Å². The maximum Gasteiger partial charge on any atom is 0.326 e. The summed E-state index contributed by atoms with van der Waals surface area (Å²) in [5.74, 6) is 0. The van der Waals surface area contributed by atoms with Gasteiger partial charge in [-0.15, -0.1) is 11.8 Å². The molecule has 1 atom stereocenters. The predicted molar refractivity (Wildman–Crippen MR) is 98.6 cm³/mol. The first-order chi connectivity index (χ1) is 11.2. The third-order valence-corrected chi connectivity index (χ3v) is 5.59. The minimum Gasteiger partial charge on any atom is -0.307 e. The summed E-state index contributed by atoms with van der Waals surface area (Å²) >= 11 is 1.87. The molecule has 0 bridgehead atoms. The fourth-order valence-electron chi connectivity index (χ4n) is 2.84. The lowest BCUT2D eigenvalue weighted by Crippen LogP contribution is -2.42. The van der Waals surface area contributed by atoms with Crippen molar-refractivity contribution >= 4 is 29.2 Å². The highest BCUT2D eigenvalue weighted by Gasteiger charge is 2.28. The van der Waals surface area contributed by atoms with E-state index >= 15 is 0 Å². The number of hydrogen-bond donors (Lipinski definition) is 1. The summed E-state index contributed by atoms with van der Waals surface area (Å²) in [6, 6.07) is 16.1. The molecule has 2 aromatic carbocycles. The van der Waals surface area contributed by atoms with E-state index in [1.807, 2.05) is 53.1 Å². The van der Waals surface area contributed by atoms with Crippen molar-refractivity contribution in [3.63, 3.8) is 0 Å². The smallest absolute Gasteiger partial charge is 0.307 e. The summed E-state index contributed by atoms with van der Waals surface area (Å²) in [6.07, 6.45) is 1.95. The second-order valence-electron chi connectivity index (χ2n) is 5.67. The molecule has 0 saturated carbocycles. The van der Waals surface area contributed by atoms with Crippen LogP contribution in [0.3, 0.4) is 0 Å². The number of benzene rings is 2. The highest BCUT2D eigenvalue weighted by molar-refractivity contribution is 8.00.